The molecule has 5 nitrogen and oxygen atoms in total. The lowest BCUT2D eigenvalue weighted by atomic mass is 10.2. The maximum absolute atomic E-state index is 5.55. The van der Waals surface area contributed by atoms with Crippen LogP contribution in [0.15, 0.2) is 9.41 Å². The fourth-order valence-corrected chi connectivity index (χ4v) is 3.24. The molecule has 0 spiro atoms. The monoisotopic (exact) mass is 424 g/mol. The highest BCUT2D eigenvalue weighted by Crippen LogP contribution is 2.27. The maximum Gasteiger partial charge on any atom is 0.214 e. The average molecular weight is 424 g/mol. The van der Waals surface area contributed by atoms with E-state index < -0.39 is 0 Å². The molecule has 0 bridgehead atoms. The minimum Gasteiger partial charge on any atom is -0.444 e. The Morgan fingerprint density at radius 2 is 2.19 bits per heavy atom. The number of rotatable bonds is 4. The summed E-state index contributed by atoms with van der Waals surface area (Å²) in [4.78, 5) is 8.62. The van der Waals surface area contributed by atoms with Gasteiger partial charge in [0.1, 0.15) is 5.76 Å². The molecule has 120 valence electrons. The van der Waals surface area contributed by atoms with Gasteiger partial charge in [-0.15, -0.1) is 24.0 Å². The number of thioether (sulfide) groups is 1. The topological polar surface area (TPSA) is 62.5 Å². The summed E-state index contributed by atoms with van der Waals surface area (Å²) < 4.78 is 5.55. The van der Waals surface area contributed by atoms with Crippen molar-refractivity contribution in [2.24, 2.45) is 4.99 Å². The number of hydrogen-bond donors (Lipinski definition) is 2. The number of aryl methyl sites for hydroxylation is 2. The largest absolute Gasteiger partial charge is 0.444 e. The second kappa shape index (κ2) is 8.87. The predicted octanol–water partition coefficient (Wildman–Crippen LogP) is 2.86. The molecule has 1 aliphatic rings. The molecule has 0 radical (unpaired) electrons. The van der Waals surface area contributed by atoms with Gasteiger partial charge in [-0.3, -0.25) is 4.99 Å². The van der Waals surface area contributed by atoms with E-state index in [0.717, 1.165) is 22.7 Å². The van der Waals surface area contributed by atoms with E-state index in [-0.39, 0.29) is 24.0 Å². The summed E-state index contributed by atoms with van der Waals surface area (Å²) in [6, 6.07) is 0.520. The van der Waals surface area contributed by atoms with Crippen LogP contribution in [-0.2, 0) is 6.54 Å². The third-order valence-electron chi connectivity index (χ3n) is 3.76. The zero-order valence-corrected chi connectivity index (χ0v) is 16.2. The van der Waals surface area contributed by atoms with Gasteiger partial charge in [0.05, 0.1) is 12.2 Å². The van der Waals surface area contributed by atoms with Gasteiger partial charge >= 0.3 is 0 Å². The third kappa shape index (κ3) is 5.36. The van der Waals surface area contributed by atoms with E-state index >= 15 is 0 Å². The summed E-state index contributed by atoms with van der Waals surface area (Å²) in [6.07, 6.45) is 5.89. The molecule has 1 aliphatic carbocycles. The highest BCUT2D eigenvalue weighted by atomic mass is 127. The van der Waals surface area contributed by atoms with Gasteiger partial charge in [0.2, 0.25) is 5.89 Å². The maximum atomic E-state index is 5.55. The van der Waals surface area contributed by atoms with Crippen molar-refractivity contribution >= 4 is 41.7 Å². The van der Waals surface area contributed by atoms with Crippen LogP contribution in [0.1, 0.15) is 36.6 Å². The summed E-state index contributed by atoms with van der Waals surface area (Å²) >= 11 is 1.96. The molecule has 1 fully saturated rings. The Hall–Kier alpha value is -0.440. The van der Waals surface area contributed by atoms with Gasteiger partial charge in [0.15, 0.2) is 5.96 Å². The summed E-state index contributed by atoms with van der Waals surface area (Å²) in [6.45, 7) is 4.45. The first kappa shape index (κ1) is 18.6. The fraction of sp³-hybridized carbons (Fsp3) is 0.714. The zero-order valence-electron chi connectivity index (χ0n) is 13.1. The van der Waals surface area contributed by atoms with Crippen LogP contribution in [0.3, 0.4) is 0 Å². The van der Waals surface area contributed by atoms with Crippen molar-refractivity contribution in [1.82, 2.24) is 15.6 Å². The molecule has 21 heavy (non-hydrogen) atoms. The zero-order chi connectivity index (χ0) is 14.5. The molecule has 1 aromatic heterocycles. The van der Waals surface area contributed by atoms with Crippen LogP contribution in [0.4, 0.5) is 0 Å². The number of aromatic nitrogens is 1. The number of nitrogens with zero attached hydrogens (tertiary/aromatic N) is 2. The molecule has 7 heteroatoms. The average Bonchev–Trinajstić information content (AvgIpc) is 3.02. The summed E-state index contributed by atoms with van der Waals surface area (Å²) in [5.41, 5.74) is 0.948. The summed E-state index contributed by atoms with van der Waals surface area (Å²) in [7, 11) is 1.79. The first-order chi connectivity index (χ1) is 9.62. The first-order valence-corrected chi connectivity index (χ1v) is 8.34. The van der Waals surface area contributed by atoms with Gasteiger partial charge in [-0.1, -0.05) is 0 Å². The van der Waals surface area contributed by atoms with Crippen molar-refractivity contribution in [2.75, 3.05) is 13.3 Å². The second-order valence-electron chi connectivity index (χ2n) is 5.19. The summed E-state index contributed by atoms with van der Waals surface area (Å²) in [5, 5.41) is 7.52. The van der Waals surface area contributed by atoms with Crippen molar-refractivity contribution < 1.29 is 4.42 Å². The summed E-state index contributed by atoms with van der Waals surface area (Å²) in [5.74, 6) is 2.41. The minimum absolute atomic E-state index is 0. The van der Waals surface area contributed by atoms with Crippen LogP contribution in [0.2, 0.25) is 0 Å². The van der Waals surface area contributed by atoms with Crippen LogP contribution in [0.5, 0.6) is 0 Å². The molecule has 0 aliphatic heterocycles. The predicted molar refractivity (Wildman–Crippen MR) is 99.7 cm³/mol. The van der Waals surface area contributed by atoms with E-state index in [2.05, 4.69) is 26.9 Å². The molecular weight excluding hydrogens is 399 g/mol. The van der Waals surface area contributed by atoms with Gasteiger partial charge in [0, 0.05) is 18.3 Å². The molecule has 2 atom stereocenters. The van der Waals surface area contributed by atoms with Crippen LogP contribution in [-0.4, -0.2) is 35.5 Å². The Balaban J connectivity index is 0.00000220. The quantitative estimate of drug-likeness (QED) is 0.442. The molecular formula is C14H25IN4OS. The van der Waals surface area contributed by atoms with E-state index in [4.69, 9.17) is 4.42 Å². The van der Waals surface area contributed by atoms with E-state index in [1.165, 1.54) is 19.3 Å². The number of oxazole rings is 1. The molecule has 0 amide bonds. The van der Waals surface area contributed by atoms with Gasteiger partial charge in [-0.05, 0) is 39.4 Å². The van der Waals surface area contributed by atoms with Crippen molar-refractivity contribution in [3.8, 4) is 0 Å². The van der Waals surface area contributed by atoms with E-state index in [1.807, 2.05) is 25.6 Å². The highest BCUT2D eigenvalue weighted by molar-refractivity contribution is 14.0. The third-order valence-corrected chi connectivity index (χ3v) is 4.86. The second-order valence-corrected chi connectivity index (χ2v) is 6.33. The Kier molecular flexibility index (Phi) is 7.86. The lowest BCUT2D eigenvalue weighted by Gasteiger charge is -2.16. The Morgan fingerprint density at radius 3 is 2.71 bits per heavy atom. The standard InChI is InChI=1S/C14H24N4OS.HI/c1-9-10(2)19-13(17-9)8-16-14(15-3)18-11-5-6-12(7-11)20-4;/h11-12H,5-8H2,1-4H3,(H2,15,16,18);1H. The molecule has 1 saturated carbocycles. The van der Waals surface area contributed by atoms with Crippen LogP contribution in [0.25, 0.3) is 0 Å². The Bertz CT molecular complexity index is 458. The molecule has 2 unspecified atom stereocenters. The van der Waals surface area contributed by atoms with Crippen molar-refractivity contribution in [3.63, 3.8) is 0 Å². The van der Waals surface area contributed by atoms with E-state index in [1.54, 1.807) is 7.05 Å². The van der Waals surface area contributed by atoms with Crippen molar-refractivity contribution in [2.45, 2.75) is 50.9 Å². The molecule has 1 heterocycles. The van der Waals surface area contributed by atoms with Gasteiger partial charge in [-0.2, -0.15) is 11.8 Å². The van der Waals surface area contributed by atoms with E-state index in [0.29, 0.717) is 18.5 Å². The van der Waals surface area contributed by atoms with Gasteiger partial charge in [-0.25, -0.2) is 4.98 Å². The molecule has 0 aromatic carbocycles. The lowest BCUT2D eigenvalue weighted by Crippen LogP contribution is -2.42. The first-order valence-electron chi connectivity index (χ1n) is 7.05. The Labute approximate surface area is 148 Å². The highest BCUT2D eigenvalue weighted by Gasteiger charge is 2.24. The number of hydrogen-bond acceptors (Lipinski definition) is 4. The van der Waals surface area contributed by atoms with Crippen molar-refractivity contribution in [3.05, 3.63) is 17.3 Å². The molecule has 0 saturated heterocycles. The van der Waals surface area contributed by atoms with Crippen LogP contribution < -0.4 is 10.6 Å². The lowest BCUT2D eigenvalue weighted by molar-refractivity contribution is 0.462. The number of halogens is 1. The number of aliphatic imine (C=N–C) groups is 1. The molecule has 1 aromatic rings. The Morgan fingerprint density at radius 1 is 1.43 bits per heavy atom. The normalized spacial score (nSPS) is 22.0. The van der Waals surface area contributed by atoms with Crippen LogP contribution >= 0.6 is 35.7 Å². The molecule has 2 N–H and O–H groups in total. The SMILES string of the molecule is CN=C(NCc1nc(C)c(C)o1)NC1CCC(SC)C1.I. The van der Waals surface area contributed by atoms with Crippen LogP contribution in [0, 0.1) is 13.8 Å². The van der Waals surface area contributed by atoms with Crippen molar-refractivity contribution in [1.29, 1.82) is 0 Å². The van der Waals surface area contributed by atoms with E-state index in [9.17, 15) is 0 Å². The van der Waals surface area contributed by atoms with Gasteiger partial charge in [0.25, 0.3) is 0 Å². The smallest absolute Gasteiger partial charge is 0.214 e. The molecule has 2 rings (SSSR count). The van der Waals surface area contributed by atoms with Gasteiger partial charge < -0.3 is 15.1 Å². The minimum atomic E-state index is 0. The number of nitrogens with one attached hydrogen (secondary N) is 2. The fourth-order valence-electron chi connectivity index (χ4n) is 2.45. The number of guanidine groups is 1.